The molecule has 5 nitrogen and oxygen atoms in total. The number of hydrogen-bond acceptors (Lipinski definition) is 4. The third kappa shape index (κ3) is 3.38. The maximum Gasteiger partial charge on any atom is 0.220 e. The number of nitrogens with zero attached hydrogens (tertiary/aromatic N) is 1. The molecule has 1 aliphatic heterocycles. The highest BCUT2D eigenvalue weighted by molar-refractivity contribution is 5.76. The molecule has 0 spiro atoms. The van der Waals surface area contributed by atoms with Gasteiger partial charge in [-0.1, -0.05) is 6.07 Å². The van der Waals surface area contributed by atoms with Crippen molar-refractivity contribution in [2.24, 2.45) is 11.7 Å². The number of benzene rings is 1. The zero-order chi connectivity index (χ0) is 13.8. The normalized spacial score (nSPS) is 17.3. The lowest BCUT2D eigenvalue weighted by Crippen LogP contribution is -2.38. The smallest absolute Gasteiger partial charge is 0.220 e. The van der Waals surface area contributed by atoms with E-state index in [9.17, 15) is 9.90 Å². The van der Waals surface area contributed by atoms with Gasteiger partial charge in [0, 0.05) is 12.5 Å². The molecule has 1 heterocycles. The van der Waals surface area contributed by atoms with Crippen LogP contribution in [0.4, 0.5) is 0 Å². The van der Waals surface area contributed by atoms with E-state index in [1.807, 2.05) is 6.07 Å². The molecule has 0 atom stereocenters. The van der Waals surface area contributed by atoms with Crippen LogP contribution in [0.5, 0.6) is 11.5 Å². The maximum absolute atomic E-state index is 11.1. The Kier molecular flexibility index (Phi) is 4.27. The van der Waals surface area contributed by atoms with Crippen LogP contribution in [0.3, 0.4) is 0 Å². The molecule has 0 unspecified atom stereocenters. The molecule has 1 aromatic rings. The zero-order valence-electron chi connectivity index (χ0n) is 11.1. The van der Waals surface area contributed by atoms with Gasteiger partial charge in [-0.05, 0) is 43.6 Å². The van der Waals surface area contributed by atoms with Crippen LogP contribution in [0.15, 0.2) is 18.2 Å². The first-order valence-corrected chi connectivity index (χ1v) is 6.47. The maximum atomic E-state index is 11.1. The summed E-state index contributed by atoms with van der Waals surface area (Å²) in [5.41, 5.74) is 6.35. The second-order valence-corrected chi connectivity index (χ2v) is 4.96. The van der Waals surface area contributed by atoms with Gasteiger partial charge in [-0.15, -0.1) is 0 Å². The minimum Gasteiger partial charge on any atom is -0.504 e. The number of hydrogen-bond donors (Lipinski definition) is 2. The first-order chi connectivity index (χ1) is 9.10. The van der Waals surface area contributed by atoms with Crippen LogP contribution >= 0.6 is 0 Å². The summed E-state index contributed by atoms with van der Waals surface area (Å²) >= 11 is 0. The van der Waals surface area contributed by atoms with Crippen molar-refractivity contribution in [1.82, 2.24) is 4.90 Å². The molecule has 104 valence electrons. The highest BCUT2D eigenvalue weighted by atomic mass is 16.5. The van der Waals surface area contributed by atoms with Gasteiger partial charge in [-0.2, -0.15) is 0 Å². The SMILES string of the molecule is COc1ccc(CN2CCC(C(N)=O)CC2)cc1O. The third-order valence-electron chi connectivity index (χ3n) is 3.64. The number of carbonyl (C=O) groups is 1. The predicted octanol–water partition coefficient (Wildman–Crippen LogP) is 1.10. The molecule has 1 amide bonds. The van der Waals surface area contributed by atoms with E-state index >= 15 is 0 Å². The van der Waals surface area contributed by atoms with E-state index in [1.165, 1.54) is 7.11 Å². The average molecular weight is 264 g/mol. The Morgan fingerprint density at radius 2 is 2.16 bits per heavy atom. The fraction of sp³-hybridized carbons (Fsp3) is 0.500. The largest absolute Gasteiger partial charge is 0.504 e. The number of amides is 1. The Labute approximate surface area is 113 Å². The summed E-state index contributed by atoms with van der Waals surface area (Å²) < 4.78 is 5.02. The molecule has 0 radical (unpaired) electrons. The van der Waals surface area contributed by atoms with Crippen molar-refractivity contribution in [3.05, 3.63) is 23.8 Å². The molecule has 1 aromatic carbocycles. The second-order valence-electron chi connectivity index (χ2n) is 4.96. The quantitative estimate of drug-likeness (QED) is 0.853. The van der Waals surface area contributed by atoms with Crippen molar-refractivity contribution < 1.29 is 14.6 Å². The van der Waals surface area contributed by atoms with E-state index in [2.05, 4.69) is 4.90 Å². The van der Waals surface area contributed by atoms with Gasteiger partial charge in [0.1, 0.15) is 0 Å². The molecule has 0 aromatic heterocycles. The number of primary amides is 1. The number of methoxy groups -OCH3 is 1. The average Bonchev–Trinajstić information content (AvgIpc) is 2.39. The summed E-state index contributed by atoms with van der Waals surface area (Å²) in [5.74, 6) is 0.463. The zero-order valence-corrected chi connectivity index (χ0v) is 11.1. The van der Waals surface area contributed by atoms with E-state index in [0.717, 1.165) is 38.0 Å². The predicted molar refractivity (Wildman–Crippen MR) is 71.9 cm³/mol. The fourth-order valence-corrected chi connectivity index (χ4v) is 2.47. The number of phenolic OH excluding ortho intramolecular Hbond substituents is 1. The van der Waals surface area contributed by atoms with E-state index in [0.29, 0.717) is 5.75 Å². The van der Waals surface area contributed by atoms with Crippen molar-refractivity contribution in [3.8, 4) is 11.5 Å². The lowest BCUT2D eigenvalue weighted by molar-refractivity contribution is -0.123. The lowest BCUT2D eigenvalue weighted by Gasteiger charge is -2.30. The van der Waals surface area contributed by atoms with Crippen molar-refractivity contribution in [1.29, 1.82) is 0 Å². The van der Waals surface area contributed by atoms with Gasteiger partial charge in [0.2, 0.25) is 5.91 Å². The number of phenols is 1. The summed E-state index contributed by atoms with van der Waals surface area (Å²) in [7, 11) is 1.53. The Morgan fingerprint density at radius 3 is 2.68 bits per heavy atom. The minimum atomic E-state index is -0.193. The number of ether oxygens (including phenoxy) is 1. The molecule has 3 N–H and O–H groups in total. The Bertz CT molecular complexity index is 454. The van der Waals surface area contributed by atoms with Crippen LogP contribution in [-0.4, -0.2) is 36.1 Å². The second kappa shape index (κ2) is 5.93. The molecule has 1 saturated heterocycles. The van der Waals surface area contributed by atoms with Gasteiger partial charge in [0.15, 0.2) is 11.5 Å². The molecule has 0 bridgehead atoms. The van der Waals surface area contributed by atoms with Gasteiger partial charge in [0.25, 0.3) is 0 Å². The van der Waals surface area contributed by atoms with Crippen molar-refractivity contribution in [2.45, 2.75) is 19.4 Å². The fourth-order valence-electron chi connectivity index (χ4n) is 2.47. The lowest BCUT2D eigenvalue weighted by atomic mass is 9.96. The molecule has 5 heteroatoms. The number of aromatic hydroxyl groups is 1. The van der Waals surface area contributed by atoms with Gasteiger partial charge < -0.3 is 15.6 Å². The molecular weight excluding hydrogens is 244 g/mol. The molecule has 1 fully saturated rings. The molecule has 0 aliphatic carbocycles. The topological polar surface area (TPSA) is 75.8 Å². The summed E-state index contributed by atoms with van der Waals surface area (Å²) in [6.07, 6.45) is 1.63. The monoisotopic (exact) mass is 264 g/mol. The van der Waals surface area contributed by atoms with Crippen LogP contribution in [0.25, 0.3) is 0 Å². The van der Waals surface area contributed by atoms with Crippen LogP contribution in [0, 0.1) is 5.92 Å². The molecule has 2 rings (SSSR count). The summed E-state index contributed by atoms with van der Waals surface area (Å²) in [5, 5.41) is 9.73. The third-order valence-corrected chi connectivity index (χ3v) is 3.64. The van der Waals surface area contributed by atoms with Gasteiger partial charge in [-0.3, -0.25) is 9.69 Å². The van der Waals surface area contributed by atoms with E-state index in [1.54, 1.807) is 12.1 Å². The van der Waals surface area contributed by atoms with Crippen molar-refractivity contribution in [3.63, 3.8) is 0 Å². The highest BCUT2D eigenvalue weighted by Gasteiger charge is 2.23. The number of likely N-dealkylation sites (tertiary alicyclic amines) is 1. The first-order valence-electron chi connectivity index (χ1n) is 6.47. The molecule has 19 heavy (non-hydrogen) atoms. The summed E-state index contributed by atoms with van der Waals surface area (Å²) in [6.45, 7) is 2.49. The number of nitrogens with two attached hydrogens (primary N) is 1. The summed E-state index contributed by atoms with van der Waals surface area (Å²) in [4.78, 5) is 13.4. The van der Waals surface area contributed by atoms with Crippen molar-refractivity contribution >= 4 is 5.91 Å². The molecular formula is C14H20N2O3. The Hall–Kier alpha value is -1.75. The minimum absolute atomic E-state index is 0.0144. The highest BCUT2D eigenvalue weighted by Crippen LogP contribution is 2.27. The number of carbonyl (C=O) groups excluding carboxylic acids is 1. The Morgan fingerprint density at radius 1 is 1.47 bits per heavy atom. The van der Waals surface area contributed by atoms with E-state index in [-0.39, 0.29) is 17.6 Å². The van der Waals surface area contributed by atoms with Crippen LogP contribution in [-0.2, 0) is 11.3 Å². The van der Waals surface area contributed by atoms with E-state index < -0.39 is 0 Å². The van der Waals surface area contributed by atoms with Gasteiger partial charge in [0.05, 0.1) is 7.11 Å². The first kappa shape index (κ1) is 13.7. The van der Waals surface area contributed by atoms with Gasteiger partial charge >= 0.3 is 0 Å². The standard InChI is InChI=1S/C14H20N2O3/c1-19-13-3-2-10(8-12(13)17)9-16-6-4-11(5-7-16)14(15)18/h2-3,8,11,17H,4-7,9H2,1H3,(H2,15,18). The van der Waals surface area contributed by atoms with E-state index in [4.69, 9.17) is 10.5 Å². The summed E-state index contributed by atoms with van der Waals surface area (Å²) in [6, 6.07) is 5.43. The van der Waals surface area contributed by atoms with Gasteiger partial charge in [-0.25, -0.2) is 0 Å². The molecule has 1 aliphatic rings. The van der Waals surface area contributed by atoms with Crippen LogP contribution < -0.4 is 10.5 Å². The van der Waals surface area contributed by atoms with Crippen LogP contribution in [0.1, 0.15) is 18.4 Å². The Balaban J connectivity index is 1.92. The van der Waals surface area contributed by atoms with Crippen LogP contribution in [0.2, 0.25) is 0 Å². The molecule has 0 saturated carbocycles. The van der Waals surface area contributed by atoms with Crippen molar-refractivity contribution in [2.75, 3.05) is 20.2 Å². The number of rotatable bonds is 4. The number of piperidine rings is 1.